The van der Waals surface area contributed by atoms with Gasteiger partial charge in [-0.25, -0.2) is 4.79 Å². The Balaban J connectivity index is 3.61. The minimum atomic E-state index is 0.906. The molecule has 0 amide bonds. The molecule has 84 valence electrons. The van der Waals surface area contributed by atoms with Crippen LogP contribution in [0.4, 0.5) is 0 Å². The molecule has 0 aliphatic heterocycles. The molecule has 0 bridgehead atoms. The van der Waals surface area contributed by atoms with Crippen LogP contribution in [0.3, 0.4) is 0 Å². The van der Waals surface area contributed by atoms with E-state index in [2.05, 4.69) is 30.2 Å². The number of hydrogen-bond acceptors (Lipinski definition) is 1. The molecule has 0 saturated heterocycles. The third kappa shape index (κ3) is 9.24. The smallest absolute Gasteiger partial charge is 0.123 e. The fraction of sp³-hybridized carbons (Fsp3) is 0.571. The first-order chi connectivity index (χ1) is 7.35. The van der Waals surface area contributed by atoms with Crippen molar-refractivity contribution < 1.29 is 4.79 Å². The van der Waals surface area contributed by atoms with Crippen molar-refractivity contribution in [2.24, 2.45) is 0 Å². The summed E-state index contributed by atoms with van der Waals surface area (Å²) in [5.74, 6) is 2.07. The predicted octanol–water partition coefficient (Wildman–Crippen LogP) is 4.24. The summed E-state index contributed by atoms with van der Waals surface area (Å²) in [5.41, 5.74) is 0.948. The van der Waals surface area contributed by atoms with Crippen LogP contribution < -0.4 is 0 Å². The number of carbonyl (C=O) groups excluding carboxylic acids is 1. The molecule has 0 unspecified atom stereocenters. The van der Waals surface area contributed by atoms with Gasteiger partial charge in [0.25, 0.3) is 0 Å². The minimum absolute atomic E-state index is 0.906. The molecule has 0 radical (unpaired) electrons. The van der Waals surface area contributed by atoms with Crippen LogP contribution in [-0.4, -0.2) is 5.94 Å². The number of hydrogen-bond donors (Lipinski definition) is 0. The van der Waals surface area contributed by atoms with Gasteiger partial charge >= 0.3 is 0 Å². The molecular formula is C14H22O. The summed E-state index contributed by atoms with van der Waals surface area (Å²) in [5, 5.41) is 0. The normalized spacial score (nSPS) is 11.1. The molecule has 0 heterocycles. The van der Waals surface area contributed by atoms with E-state index in [4.69, 9.17) is 0 Å². The number of unbranched alkanes of at least 4 members (excludes halogenated alkanes) is 2. The van der Waals surface area contributed by atoms with Crippen molar-refractivity contribution in [3.63, 3.8) is 0 Å². The van der Waals surface area contributed by atoms with Gasteiger partial charge in [-0.15, -0.1) is 0 Å². The largest absolute Gasteiger partial charge is 0.234 e. The molecule has 0 N–H and O–H groups in total. The lowest BCUT2D eigenvalue weighted by molar-refractivity contribution is 0.563. The maximum Gasteiger partial charge on any atom is 0.123 e. The van der Waals surface area contributed by atoms with Crippen molar-refractivity contribution in [2.75, 3.05) is 0 Å². The molecule has 0 aliphatic carbocycles. The van der Waals surface area contributed by atoms with Gasteiger partial charge in [0.1, 0.15) is 5.94 Å². The third-order valence-electron chi connectivity index (χ3n) is 2.31. The maximum absolute atomic E-state index is 10.6. The van der Waals surface area contributed by atoms with E-state index in [1.165, 1.54) is 0 Å². The van der Waals surface area contributed by atoms with Crippen LogP contribution in [-0.2, 0) is 4.79 Å². The molecule has 0 aromatic heterocycles. The van der Waals surface area contributed by atoms with Gasteiger partial charge in [0, 0.05) is 5.57 Å². The lowest BCUT2D eigenvalue weighted by Crippen LogP contribution is -1.86. The standard InChI is InChI=1S/C14H22O/c1-3-5-7-9-11-14(13-15)12-10-8-6-4-2/h3-6H,7-12H2,1-2H3/b5-3-,6-4+. The van der Waals surface area contributed by atoms with E-state index in [1.54, 1.807) is 0 Å². The number of rotatable bonds is 8. The molecule has 1 nitrogen and oxygen atoms in total. The predicted molar refractivity (Wildman–Crippen MR) is 66.5 cm³/mol. The summed E-state index contributed by atoms with van der Waals surface area (Å²) in [6.45, 7) is 4.04. The Bertz CT molecular complexity index is 222. The Hall–Kier alpha value is -1.07. The quantitative estimate of drug-likeness (QED) is 0.330. The fourth-order valence-electron chi connectivity index (χ4n) is 1.43. The second-order valence-corrected chi connectivity index (χ2v) is 3.63. The fourth-order valence-corrected chi connectivity index (χ4v) is 1.43. The van der Waals surface area contributed by atoms with Crippen LogP contribution in [0.5, 0.6) is 0 Å². The van der Waals surface area contributed by atoms with Crippen LogP contribution >= 0.6 is 0 Å². The second kappa shape index (κ2) is 11.0. The zero-order valence-corrected chi connectivity index (χ0v) is 9.96. The van der Waals surface area contributed by atoms with Crippen LogP contribution in [0.1, 0.15) is 52.4 Å². The van der Waals surface area contributed by atoms with Crippen molar-refractivity contribution in [1.82, 2.24) is 0 Å². The van der Waals surface area contributed by atoms with E-state index in [-0.39, 0.29) is 0 Å². The monoisotopic (exact) mass is 206 g/mol. The Morgan fingerprint density at radius 2 is 1.47 bits per heavy atom. The highest BCUT2D eigenvalue weighted by Crippen LogP contribution is 2.12. The molecule has 0 aromatic carbocycles. The Kier molecular flexibility index (Phi) is 10.2. The van der Waals surface area contributed by atoms with E-state index in [9.17, 15) is 4.79 Å². The van der Waals surface area contributed by atoms with Gasteiger partial charge < -0.3 is 0 Å². The third-order valence-corrected chi connectivity index (χ3v) is 2.31. The van der Waals surface area contributed by atoms with Crippen molar-refractivity contribution in [3.05, 3.63) is 29.9 Å². The van der Waals surface area contributed by atoms with Gasteiger partial charge in [-0.3, -0.25) is 0 Å². The summed E-state index contributed by atoms with van der Waals surface area (Å²) in [6, 6.07) is 0. The SMILES string of the molecule is C/C=C\CCCC(=C=O)CCC/C=C/C. The van der Waals surface area contributed by atoms with Crippen LogP contribution in [0.2, 0.25) is 0 Å². The highest BCUT2D eigenvalue weighted by molar-refractivity contribution is 5.52. The highest BCUT2D eigenvalue weighted by atomic mass is 16.1. The molecule has 0 aliphatic rings. The second-order valence-electron chi connectivity index (χ2n) is 3.63. The minimum Gasteiger partial charge on any atom is -0.234 e. The zero-order valence-electron chi connectivity index (χ0n) is 9.96. The lowest BCUT2D eigenvalue weighted by Gasteiger charge is -2.00. The van der Waals surface area contributed by atoms with Gasteiger partial charge in [0.05, 0.1) is 0 Å². The average Bonchev–Trinajstić information content (AvgIpc) is 2.27. The Labute approximate surface area is 93.6 Å². The number of allylic oxidation sites excluding steroid dienone is 5. The maximum atomic E-state index is 10.6. The summed E-state index contributed by atoms with van der Waals surface area (Å²) < 4.78 is 0. The van der Waals surface area contributed by atoms with Crippen LogP contribution in [0.15, 0.2) is 29.9 Å². The average molecular weight is 206 g/mol. The highest BCUT2D eigenvalue weighted by Gasteiger charge is 1.97. The van der Waals surface area contributed by atoms with Crippen molar-refractivity contribution >= 4 is 5.94 Å². The Morgan fingerprint density at radius 3 is 1.80 bits per heavy atom. The van der Waals surface area contributed by atoms with Crippen molar-refractivity contribution in [3.8, 4) is 0 Å². The molecule has 15 heavy (non-hydrogen) atoms. The first-order valence-electron chi connectivity index (χ1n) is 5.80. The summed E-state index contributed by atoms with van der Waals surface area (Å²) in [4.78, 5) is 10.6. The van der Waals surface area contributed by atoms with Crippen LogP contribution in [0, 0.1) is 0 Å². The molecule has 0 saturated carbocycles. The molecular weight excluding hydrogens is 184 g/mol. The lowest BCUT2D eigenvalue weighted by atomic mass is 10.0. The van der Waals surface area contributed by atoms with Crippen molar-refractivity contribution in [1.29, 1.82) is 0 Å². The Morgan fingerprint density at radius 1 is 1.00 bits per heavy atom. The van der Waals surface area contributed by atoms with E-state index in [0.29, 0.717) is 0 Å². The molecule has 0 rings (SSSR count). The van der Waals surface area contributed by atoms with Gasteiger partial charge in [-0.1, -0.05) is 24.3 Å². The molecule has 0 atom stereocenters. The summed E-state index contributed by atoms with van der Waals surface area (Å²) in [7, 11) is 0. The zero-order chi connectivity index (χ0) is 11.4. The molecule has 0 spiro atoms. The van der Waals surface area contributed by atoms with Crippen LogP contribution in [0.25, 0.3) is 0 Å². The van der Waals surface area contributed by atoms with Gasteiger partial charge in [0.2, 0.25) is 0 Å². The van der Waals surface area contributed by atoms with E-state index in [1.807, 2.05) is 13.8 Å². The van der Waals surface area contributed by atoms with Gasteiger partial charge in [0.15, 0.2) is 0 Å². The molecule has 0 fully saturated rings. The first-order valence-corrected chi connectivity index (χ1v) is 5.80. The molecule has 0 aromatic rings. The van der Waals surface area contributed by atoms with E-state index < -0.39 is 0 Å². The van der Waals surface area contributed by atoms with E-state index in [0.717, 1.165) is 44.1 Å². The topological polar surface area (TPSA) is 17.1 Å². The summed E-state index contributed by atoms with van der Waals surface area (Å²) in [6.07, 6.45) is 14.5. The van der Waals surface area contributed by atoms with Gasteiger partial charge in [-0.05, 0) is 52.4 Å². The van der Waals surface area contributed by atoms with Gasteiger partial charge in [-0.2, -0.15) is 0 Å². The summed E-state index contributed by atoms with van der Waals surface area (Å²) >= 11 is 0. The van der Waals surface area contributed by atoms with Crippen molar-refractivity contribution in [2.45, 2.75) is 52.4 Å². The van der Waals surface area contributed by atoms with E-state index >= 15 is 0 Å². The first kappa shape index (κ1) is 13.9. The molecule has 1 heteroatoms.